The predicted molar refractivity (Wildman–Crippen MR) is 108 cm³/mol. The van der Waals surface area contributed by atoms with Gasteiger partial charge in [0.1, 0.15) is 0 Å². The Morgan fingerprint density at radius 2 is 1.77 bits per heavy atom. The van der Waals surface area contributed by atoms with Crippen molar-refractivity contribution in [1.29, 1.82) is 0 Å². The molecule has 2 aliphatic rings. The number of anilines is 3. The summed E-state index contributed by atoms with van der Waals surface area (Å²) in [5, 5.41) is 3.98. The maximum atomic E-state index is 13.1. The van der Waals surface area contributed by atoms with Crippen LogP contribution in [-0.2, 0) is 0 Å². The normalized spacial score (nSPS) is 16.9. The third-order valence-electron chi connectivity index (χ3n) is 5.14. The van der Waals surface area contributed by atoms with Gasteiger partial charge in [-0.05, 0) is 36.8 Å². The number of benzene rings is 2. The van der Waals surface area contributed by atoms with Crippen LogP contribution in [0.15, 0.2) is 42.5 Å². The Labute approximate surface area is 159 Å². The Kier molecular flexibility index (Phi) is 4.64. The van der Waals surface area contributed by atoms with Crippen molar-refractivity contribution in [2.24, 2.45) is 0 Å². The van der Waals surface area contributed by atoms with Gasteiger partial charge in [-0.2, -0.15) is 0 Å². The van der Waals surface area contributed by atoms with Crippen LogP contribution in [-0.4, -0.2) is 50.2 Å². The van der Waals surface area contributed by atoms with E-state index in [0.29, 0.717) is 11.6 Å². The molecule has 0 spiro atoms. The van der Waals surface area contributed by atoms with Crippen molar-refractivity contribution in [3.63, 3.8) is 0 Å². The zero-order valence-corrected chi connectivity index (χ0v) is 15.7. The first-order chi connectivity index (χ1) is 12.6. The van der Waals surface area contributed by atoms with E-state index in [2.05, 4.69) is 41.4 Å². The van der Waals surface area contributed by atoms with E-state index in [0.717, 1.165) is 44.1 Å². The van der Waals surface area contributed by atoms with Gasteiger partial charge in [-0.3, -0.25) is 4.90 Å². The van der Waals surface area contributed by atoms with E-state index in [9.17, 15) is 4.79 Å². The molecule has 5 nitrogen and oxygen atoms in total. The number of nitrogens with one attached hydrogen (secondary N) is 1. The Morgan fingerprint density at radius 3 is 2.54 bits per heavy atom. The molecule has 1 fully saturated rings. The Morgan fingerprint density at radius 1 is 1.00 bits per heavy atom. The fourth-order valence-electron chi connectivity index (χ4n) is 3.73. The summed E-state index contributed by atoms with van der Waals surface area (Å²) >= 11 is 6.15. The van der Waals surface area contributed by atoms with Gasteiger partial charge in [0.2, 0.25) is 0 Å². The second kappa shape index (κ2) is 7.08. The molecular formula is C20H23ClN4O. The van der Waals surface area contributed by atoms with E-state index >= 15 is 0 Å². The molecule has 2 amide bonds. The van der Waals surface area contributed by atoms with Crippen molar-refractivity contribution >= 4 is 34.7 Å². The molecule has 0 radical (unpaired) electrons. The summed E-state index contributed by atoms with van der Waals surface area (Å²) in [6.45, 7) is 6.71. The van der Waals surface area contributed by atoms with E-state index in [1.54, 1.807) is 0 Å². The van der Waals surface area contributed by atoms with E-state index in [4.69, 9.17) is 11.6 Å². The molecule has 0 saturated carbocycles. The largest absolute Gasteiger partial charge is 0.382 e. The lowest BCUT2D eigenvalue weighted by Gasteiger charge is -2.40. The predicted octanol–water partition coefficient (Wildman–Crippen LogP) is 3.82. The minimum absolute atomic E-state index is 0.0689. The molecule has 6 heteroatoms. The van der Waals surface area contributed by atoms with Crippen molar-refractivity contribution in [1.82, 2.24) is 4.90 Å². The molecule has 2 aromatic rings. The molecule has 2 aromatic carbocycles. The average Bonchev–Trinajstić information content (AvgIpc) is 2.67. The molecule has 0 aliphatic carbocycles. The molecular weight excluding hydrogens is 348 g/mol. The highest BCUT2D eigenvalue weighted by molar-refractivity contribution is 6.31. The lowest BCUT2D eigenvalue weighted by Crippen LogP contribution is -2.54. The lowest BCUT2D eigenvalue weighted by atomic mass is 10.1. The standard InChI is InChI=1S/C20H23ClN4O/c1-15-4-2-3-5-18(15)23-10-12-24(13-11-23)20(26)25-9-8-22-17-7-6-16(21)14-19(17)25/h2-7,14,22H,8-13H2,1H3. The van der Waals surface area contributed by atoms with Gasteiger partial charge in [-0.25, -0.2) is 4.79 Å². The van der Waals surface area contributed by atoms with Crippen molar-refractivity contribution in [2.45, 2.75) is 6.92 Å². The third-order valence-corrected chi connectivity index (χ3v) is 5.37. The topological polar surface area (TPSA) is 38.8 Å². The molecule has 1 N–H and O–H groups in total. The minimum atomic E-state index is 0.0689. The van der Waals surface area contributed by atoms with Gasteiger partial charge in [0, 0.05) is 50.0 Å². The first-order valence-electron chi connectivity index (χ1n) is 9.04. The van der Waals surface area contributed by atoms with E-state index in [-0.39, 0.29) is 6.03 Å². The first-order valence-corrected chi connectivity index (χ1v) is 9.42. The molecule has 0 unspecified atom stereocenters. The smallest absolute Gasteiger partial charge is 0.324 e. The van der Waals surface area contributed by atoms with Crippen LogP contribution >= 0.6 is 11.6 Å². The second-order valence-corrected chi connectivity index (χ2v) is 7.22. The molecule has 0 atom stereocenters. The van der Waals surface area contributed by atoms with Crippen molar-refractivity contribution in [3.8, 4) is 0 Å². The van der Waals surface area contributed by atoms with Gasteiger partial charge < -0.3 is 15.1 Å². The van der Waals surface area contributed by atoms with Gasteiger partial charge in [0.25, 0.3) is 0 Å². The van der Waals surface area contributed by atoms with Crippen molar-refractivity contribution in [2.75, 3.05) is 54.4 Å². The monoisotopic (exact) mass is 370 g/mol. The number of hydrogen-bond donors (Lipinski definition) is 1. The molecule has 2 heterocycles. The van der Waals surface area contributed by atoms with E-state index in [1.807, 2.05) is 28.0 Å². The maximum absolute atomic E-state index is 13.1. The van der Waals surface area contributed by atoms with Crippen LogP contribution in [0.3, 0.4) is 0 Å². The van der Waals surface area contributed by atoms with Gasteiger partial charge in [-0.1, -0.05) is 29.8 Å². The quantitative estimate of drug-likeness (QED) is 0.829. The second-order valence-electron chi connectivity index (χ2n) is 6.78. The zero-order valence-electron chi connectivity index (χ0n) is 14.9. The number of rotatable bonds is 1. The highest BCUT2D eigenvalue weighted by Gasteiger charge is 2.29. The summed E-state index contributed by atoms with van der Waals surface area (Å²) in [6, 6.07) is 14.1. The SMILES string of the molecule is Cc1ccccc1N1CCN(C(=O)N2CCNc3ccc(Cl)cc32)CC1. The molecule has 1 saturated heterocycles. The van der Waals surface area contributed by atoms with Crippen molar-refractivity contribution < 1.29 is 4.79 Å². The van der Waals surface area contributed by atoms with E-state index < -0.39 is 0 Å². The maximum Gasteiger partial charge on any atom is 0.324 e. The number of fused-ring (bicyclic) bond motifs is 1. The average molecular weight is 371 g/mol. The molecule has 4 rings (SSSR count). The summed E-state index contributed by atoms with van der Waals surface area (Å²) in [5.74, 6) is 0. The highest BCUT2D eigenvalue weighted by atomic mass is 35.5. The first kappa shape index (κ1) is 17.0. The summed E-state index contributed by atoms with van der Waals surface area (Å²) in [6.07, 6.45) is 0. The molecule has 0 bridgehead atoms. The number of urea groups is 1. The zero-order chi connectivity index (χ0) is 18.1. The molecule has 2 aliphatic heterocycles. The van der Waals surface area contributed by atoms with Crippen molar-refractivity contribution in [3.05, 3.63) is 53.1 Å². The lowest BCUT2D eigenvalue weighted by molar-refractivity contribution is 0.201. The fourth-order valence-corrected chi connectivity index (χ4v) is 3.89. The van der Waals surface area contributed by atoms with E-state index in [1.165, 1.54) is 11.3 Å². The van der Waals surface area contributed by atoms with Crippen LogP contribution in [0.4, 0.5) is 21.9 Å². The Bertz CT molecular complexity index is 817. The van der Waals surface area contributed by atoms with Gasteiger partial charge in [-0.15, -0.1) is 0 Å². The Balaban J connectivity index is 1.47. The number of hydrogen-bond acceptors (Lipinski definition) is 3. The number of amides is 2. The molecule has 26 heavy (non-hydrogen) atoms. The van der Waals surface area contributed by atoms with Crippen LogP contribution in [0, 0.1) is 6.92 Å². The minimum Gasteiger partial charge on any atom is -0.382 e. The summed E-state index contributed by atoms with van der Waals surface area (Å²) < 4.78 is 0. The number of nitrogens with zero attached hydrogens (tertiary/aromatic N) is 3. The number of carbonyl (C=O) groups is 1. The Hall–Kier alpha value is -2.40. The number of carbonyl (C=O) groups excluding carboxylic acids is 1. The molecule has 136 valence electrons. The number of aryl methyl sites for hydroxylation is 1. The van der Waals surface area contributed by atoms with Crippen LogP contribution in [0.2, 0.25) is 5.02 Å². The van der Waals surface area contributed by atoms with Gasteiger partial charge in [0.05, 0.1) is 11.4 Å². The van der Waals surface area contributed by atoms with Crippen LogP contribution in [0.1, 0.15) is 5.56 Å². The number of halogens is 1. The third kappa shape index (κ3) is 3.19. The highest BCUT2D eigenvalue weighted by Crippen LogP contribution is 2.32. The van der Waals surface area contributed by atoms with Crippen LogP contribution < -0.4 is 15.1 Å². The fraction of sp³-hybridized carbons (Fsp3) is 0.350. The van der Waals surface area contributed by atoms with Gasteiger partial charge in [0.15, 0.2) is 0 Å². The summed E-state index contributed by atoms with van der Waals surface area (Å²) in [4.78, 5) is 19.3. The van der Waals surface area contributed by atoms with Crippen LogP contribution in [0.5, 0.6) is 0 Å². The number of para-hydroxylation sites is 1. The molecule has 0 aromatic heterocycles. The summed E-state index contributed by atoms with van der Waals surface area (Å²) in [5.41, 5.74) is 4.37. The summed E-state index contributed by atoms with van der Waals surface area (Å²) in [7, 11) is 0. The van der Waals surface area contributed by atoms with Gasteiger partial charge >= 0.3 is 6.03 Å². The number of piperazine rings is 1. The van der Waals surface area contributed by atoms with Crippen LogP contribution in [0.25, 0.3) is 0 Å².